The van der Waals surface area contributed by atoms with E-state index in [4.69, 9.17) is 0 Å². The van der Waals surface area contributed by atoms with E-state index in [0.717, 1.165) is 32.0 Å². The summed E-state index contributed by atoms with van der Waals surface area (Å²) in [7, 11) is 0. The van der Waals surface area contributed by atoms with E-state index in [9.17, 15) is 0 Å². The molecule has 1 aliphatic carbocycles. The highest BCUT2D eigenvalue weighted by Gasteiger charge is 2.22. The first-order valence-corrected chi connectivity index (χ1v) is 7.17. The Hall–Kier alpha value is -1.61. The zero-order chi connectivity index (χ0) is 12.9. The summed E-state index contributed by atoms with van der Waals surface area (Å²) in [6.07, 6.45) is 9.61. The summed E-state index contributed by atoms with van der Waals surface area (Å²) in [5.41, 5.74) is 2.90. The Morgan fingerprint density at radius 2 is 2.05 bits per heavy atom. The third kappa shape index (κ3) is 3.67. The van der Waals surface area contributed by atoms with Crippen molar-refractivity contribution >= 4 is 0 Å². The molecule has 0 radical (unpaired) electrons. The van der Waals surface area contributed by atoms with Crippen molar-refractivity contribution in [2.45, 2.75) is 38.3 Å². The first-order chi connectivity index (χ1) is 9.42. The predicted octanol–water partition coefficient (Wildman–Crippen LogP) is 2.94. The molecular weight excluding hydrogens is 234 g/mol. The van der Waals surface area contributed by atoms with Gasteiger partial charge in [-0.05, 0) is 42.9 Å². The summed E-state index contributed by atoms with van der Waals surface area (Å²) >= 11 is 0. The van der Waals surface area contributed by atoms with Crippen molar-refractivity contribution in [2.24, 2.45) is 0 Å². The Balaban J connectivity index is 1.35. The third-order valence-corrected chi connectivity index (χ3v) is 3.69. The lowest BCUT2D eigenvalue weighted by atomic mass is 10.1. The number of aryl methyl sites for hydroxylation is 1. The minimum absolute atomic E-state index is 0.859. The molecule has 0 amide bonds. The minimum atomic E-state index is 0.859. The topological polar surface area (TPSA) is 29.9 Å². The van der Waals surface area contributed by atoms with Crippen LogP contribution < -0.4 is 5.32 Å². The number of nitrogens with zero attached hydrogens (tertiary/aromatic N) is 2. The number of imidazole rings is 1. The van der Waals surface area contributed by atoms with E-state index in [2.05, 4.69) is 39.1 Å². The van der Waals surface area contributed by atoms with Gasteiger partial charge in [0, 0.05) is 25.5 Å². The molecule has 1 saturated carbocycles. The zero-order valence-corrected chi connectivity index (χ0v) is 11.3. The molecule has 0 aliphatic heterocycles. The van der Waals surface area contributed by atoms with Gasteiger partial charge in [-0.15, -0.1) is 0 Å². The lowest BCUT2D eigenvalue weighted by molar-refractivity contribution is 0.580. The van der Waals surface area contributed by atoms with Gasteiger partial charge >= 0.3 is 0 Å². The first-order valence-electron chi connectivity index (χ1n) is 7.17. The molecule has 19 heavy (non-hydrogen) atoms. The molecule has 2 aromatic rings. The van der Waals surface area contributed by atoms with Crippen molar-refractivity contribution in [3.63, 3.8) is 0 Å². The normalized spacial score (nSPS) is 14.7. The van der Waals surface area contributed by atoms with Crippen LogP contribution in [0.3, 0.4) is 0 Å². The molecule has 1 aromatic heterocycles. The van der Waals surface area contributed by atoms with Crippen molar-refractivity contribution < 1.29 is 0 Å². The van der Waals surface area contributed by atoms with E-state index in [1.54, 1.807) is 0 Å². The number of aromatic nitrogens is 2. The second kappa shape index (κ2) is 6.02. The molecular formula is C16H21N3. The fourth-order valence-corrected chi connectivity index (χ4v) is 2.36. The SMILES string of the molecule is c1cn(CCCNCc2ccc(C3CC3)cc2)cn1. The maximum absolute atomic E-state index is 4.04. The van der Waals surface area contributed by atoms with Crippen molar-refractivity contribution in [3.8, 4) is 0 Å². The van der Waals surface area contributed by atoms with E-state index in [0.29, 0.717) is 0 Å². The lowest BCUT2D eigenvalue weighted by Gasteiger charge is -2.06. The smallest absolute Gasteiger partial charge is 0.0945 e. The molecule has 1 aliphatic rings. The molecule has 3 nitrogen and oxygen atoms in total. The highest BCUT2D eigenvalue weighted by Crippen LogP contribution is 2.39. The van der Waals surface area contributed by atoms with E-state index in [-0.39, 0.29) is 0 Å². The molecule has 100 valence electrons. The van der Waals surface area contributed by atoms with Gasteiger partial charge in [-0.1, -0.05) is 24.3 Å². The highest BCUT2D eigenvalue weighted by molar-refractivity contribution is 5.27. The van der Waals surface area contributed by atoms with Gasteiger partial charge in [0.25, 0.3) is 0 Å². The van der Waals surface area contributed by atoms with Crippen molar-refractivity contribution in [2.75, 3.05) is 6.54 Å². The van der Waals surface area contributed by atoms with Gasteiger partial charge in [0.2, 0.25) is 0 Å². The monoisotopic (exact) mass is 255 g/mol. The van der Waals surface area contributed by atoms with Crippen molar-refractivity contribution in [1.82, 2.24) is 14.9 Å². The molecule has 0 atom stereocenters. The van der Waals surface area contributed by atoms with Crippen LogP contribution in [0.2, 0.25) is 0 Å². The molecule has 3 heteroatoms. The van der Waals surface area contributed by atoms with Gasteiger partial charge in [0.1, 0.15) is 0 Å². The molecule has 1 fully saturated rings. The van der Waals surface area contributed by atoms with Crippen LogP contribution in [0.15, 0.2) is 43.0 Å². The second-order valence-corrected chi connectivity index (χ2v) is 5.35. The number of rotatable bonds is 7. The standard InChI is InChI=1S/C16H21N3/c1(10-19-11-9-18-13-19)8-17-12-14-2-4-15(5-3-14)16-6-7-16/h2-5,9,11,13,16-17H,1,6-8,10,12H2. The Morgan fingerprint density at radius 1 is 1.21 bits per heavy atom. The Labute approximate surface area is 114 Å². The third-order valence-electron chi connectivity index (χ3n) is 3.69. The molecule has 1 aromatic carbocycles. The van der Waals surface area contributed by atoms with Gasteiger partial charge < -0.3 is 9.88 Å². The van der Waals surface area contributed by atoms with Crippen molar-refractivity contribution in [3.05, 3.63) is 54.1 Å². The van der Waals surface area contributed by atoms with Gasteiger partial charge in [0.15, 0.2) is 0 Å². The predicted molar refractivity (Wildman–Crippen MR) is 77.0 cm³/mol. The summed E-state index contributed by atoms with van der Waals surface area (Å²) in [4.78, 5) is 4.04. The summed E-state index contributed by atoms with van der Waals surface area (Å²) < 4.78 is 2.12. The number of hydrogen-bond acceptors (Lipinski definition) is 2. The van der Waals surface area contributed by atoms with E-state index >= 15 is 0 Å². The van der Waals surface area contributed by atoms with E-state index in [1.165, 1.54) is 24.0 Å². The summed E-state index contributed by atoms with van der Waals surface area (Å²) in [6.45, 7) is 3.05. The van der Waals surface area contributed by atoms with Crippen LogP contribution in [0.25, 0.3) is 0 Å². The molecule has 1 N–H and O–H groups in total. The van der Waals surface area contributed by atoms with Crippen LogP contribution in [0.1, 0.15) is 36.3 Å². The fraction of sp³-hybridized carbons (Fsp3) is 0.438. The summed E-state index contributed by atoms with van der Waals surface area (Å²) in [5.74, 6) is 0.859. The lowest BCUT2D eigenvalue weighted by Crippen LogP contribution is -2.16. The van der Waals surface area contributed by atoms with Crippen LogP contribution in [0.4, 0.5) is 0 Å². The molecule has 0 bridgehead atoms. The number of hydrogen-bond donors (Lipinski definition) is 1. The number of benzene rings is 1. The molecule has 0 unspecified atom stereocenters. The van der Waals surface area contributed by atoms with E-state index < -0.39 is 0 Å². The van der Waals surface area contributed by atoms with Crippen LogP contribution in [-0.2, 0) is 13.1 Å². The van der Waals surface area contributed by atoms with Crippen LogP contribution in [0.5, 0.6) is 0 Å². The average molecular weight is 255 g/mol. The Morgan fingerprint density at radius 3 is 2.74 bits per heavy atom. The first kappa shape index (κ1) is 12.4. The van der Waals surface area contributed by atoms with Crippen LogP contribution in [-0.4, -0.2) is 16.1 Å². The van der Waals surface area contributed by atoms with Gasteiger partial charge in [-0.3, -0.25) is 0 Å². The largest absolute Gasteiger partial charge is 0.337 e. The number of nitrogens with one attached hydrogen (secondary N) is 1. The van der Waals surface area contributed by atoms with Crippen molar-refractivity contribution in [1.29, 1.82) is 0 Å². The minimum Gasteiger partial charge on any atom is -0.337 e. The van der Waals surface area contributed by atoms with Crippen LogP contribution >= 0.6 is 0 Å². The van der Waals surface area contributed by atoms with Crippen LogP contribution in [0, 0.1) is 0 Å². The van der Waals surface area contributed by atoms with Gasteiger partial charge in [-0.25, -0.2) is 4.98 Å². The molecule has 1 heterocycles. The Bertz CT molecular complexity index is 483. The average Bonchev–Trinajstić information content (AvgIpc) is 3.17. The van der Waals surface area contributed by atoms with Gasteiger partial charge in [-0.2, -0.15) is 0 Å². The van der Waals surface area contributed by atoms with Gasteiger partial charge in [0.05, 0.1) is 6.33 Å². The summed E-state index contributed by atoms with van der Waals surface area (Å²) in [5, 5.41) is 3.49. The summed E-state index contributed by atoms with van der Waals surface area (Å²) in [6, 6.07) is 9.10. The maximum Gasteiger partial charge on any atom is 0.0945 e. The quantitative estimate of drug-likeness (QED) is 0.771. The second-order valence-electron chi connectivity index (χ2n) is 5.35. The molecule has 0 saturated heterocycles. The highest BCUT2D eigenvalue weighted by atomic mass is 15.0. The Kier molecular flexibility index (Phi) is 3.94. The van der Waals surface area contributed by atoms with E-state index in [1.807, 2.05) is 18.7 Å². The fourth-order valence-electron chi connectivity index (χ4n) is 2.36. The molecule has 3 rings (SSSR count). The maximum atomic E-state index is 4.04. The zero-order valence-electron chi connectivity index (χ0n) is 11.3. The molecule has 0 spiro atoms.